The van der Waals surface area contributed by atoms with Crippen LogP contribution in [0.4, 0.5) is 0 Å². The van der Waals surface area contributed by atoms with Gasteiger partial charge in [0.25, 0.3) is 5.56 Å². The van der Waals surface area contributed by atoms with Gasteiger partial charge in [0.2, 0.25) is 0 Å². The molecule has 11 heteroatoms. The maximum Gasteiger partial charge on any atom is 0.338 e. The maximum atomic E-state index is 13.9. The third kappa shape index (κ3) is 6.29. The SMILES string of the molecule is CCOC(=O)C1=C(C)N=c2s/c(=C\c3ccc(OCc4cc(OC)ccc4OC)c(OC)c3)c(=O)n2[C@@H]1c1cccc(Br)c1. The molecular formula is C33H31BrN2O7S. The Morgan fingerprint density at radius 2 is 1.77 bits per heavy atom. The van der Waals surface area contributed by atoms with Crippen molar-refractivity contribution in [2.45, 2.75) is 26.5 Å². The number of carbonyl (C=O) groups is 1. The Hall–Kier alpha value is -4.35. The molecule has 0 N–H and O–H groups in total. The summed E-state index contributed by atoms with van der Waals surface area (Å²) in [6, 6.07) is 17.8. The third-order valence-corrected chi connectivity index (χ3v) is 8.51. The number of thiazole rings is 1. The smallest absolute Gasteiger partial charge is 0.338 e. The van der Waals surface area contributed by atoms with E-state index in [1.54, 1.807) is 58.0 Å². The number of hydrogen-bond donors (Lipinski definition) is 0. The van der Waals surface area contributed by atoms with Crippen molar-refractivity contribution in [1.82, 2.24) is 4.57 Å². The number of carbonyl (C=O) groups excluding carboxylic acids is 1. The highest BCUT2D eigenvalue weighted by atomic mass is 79.9. The number of methoxy groups -OCH3 is 3. The molecule has 0 amide bonds. The monoisotopic (exact) mass is 678 g/mol. The molecule has 2 heterocycles. The lowest BCUT2D eigenvalue weighted by Gasteiger charge is -2.24. The van der Waals surface area contributed by atoms with Gasteiger partial charge in [-0.2, -0.15) is 0 Å². The topological polar surface area (TPSA) is 97.6 Å². The first kappa shape index (κ1) is 31.1. The van der Waals surface area contributed by atoms with E-state index in [2.05, 4.69) is 20.9 Å². The minimum Gasteiger partial charge on any atom is -0.497 e. The van der Waals surface area contributed by atoms with E-state index in [0.29, 0.717) is 43.6 Å². The summed E-state index contributed by atoms with van der Waals surface area (Å²) in [4.78, 5) is 32.2. The van der Waals surface area contributed by atoms with E-state index in [4.69, 9.17) is 23.7 Å². The number of allylic oxidation sites excluding steroid dienone is 1. The Labute approximate surface area is 266 Å². The molecule has 9 nitrogen and oxygen atoms in total. The van der Waals surface area contributed by atoms with Crippen LogP contribution in [-0.2, 0) is 16.1 Å². The summed E-state index contributed by atoms with van der Waals surface area (Å²) >= 11 is 4.77. The van der Waals surface area contributed by atoms with E-state index in [9.17, 15) is 9.59 Å². The Morgan fingerprint density at radius 1 is 1.00 bits per heavy atom. The van der Waals surface area contributed by atoms with Crippen LogP contribution in [0.15, 0.2) is 86.2 Å². The van der Waals surface area contributed by atoms with Gasteiger partial charge in [0.05, 0.1) is 49.8 Å². The largest absolute Gasteiger partial charge is 0.497 e. The van der Waals surface area contributed by atoms with Crippen molar-refractivity contribution in [1.29, 1.82) is 0 Å². The fourth-order valence-electron chi connectivity index (χ4n) is 4.98. The van der Waals surface area contributed by atoms with E-state index >= 15 is 0 Å². The molecule has 0 fully saturated rings. The lowest BCUT2D eigenvalue weighted by molar-refractivity contribution is -0.139. The standard InChI is InChI=1S/C33H31BrN2O7S/c1-6-42-32(38)29-19(2)35-33-36(30(29)21-8-7-9-23(34)16-21)31(37)28(44-33)15-20-10-12-26(27(14-20)41-5)43-18-22-17-24(39-3)11-13-25(22)40-4/h7-17,30H,6,18H2,1-5H3/b28-15-/t30-/m1/s1. The quantitative estimate of drug-likeness (QED) is 0.214. The number of rotatable bonds is 10. The second-order valence-corrected chi connectivity index (χ2v) is 11.7. The van der Waals surface area contributed by atoms with Crippen molar-refractivity contribution in [3.05, 3.63) is 113 Å². The second kappa shape index (κ2) is 13.5. The van der Waals surface area contributed by atoms with Crippen molar-refractivity contribution >= 4 is 39.3 Å². The van der Waals surface area contributed by atoms with Crippen LogP contribution in [-0.4, -0.2) is 38.5 Å². The third-order valence-electron chi connectivity index (χ3n) is 7.04. The molecule has 5 rings (SSSR count). The number of hydrogen-bond acceptors (Lipinski definition) is 9. The van der Waals surface area contributed by atoms with Gasteiger partial charge in [-0.1, -0.05) is 45.5 Å². The summed E-state index contributed by atoms with van der Waals surface area (Å²) < 4.78 is 30.7. The first-order valence-electron chi connectivity index (χ1n) is 13.7. The number of ether oxygens (including phenoxy) is 5. The zero-order valence-corrected chi connectivity index (χ0v) is 27.3. The van der Waals surface area contributed by atoms with Crippen LogP contribution in [0.3, 0.4) is 0 Å². The van der Waals surface area contributed by atoms with Gasteiger partial charge in [-0.25, -0.2) is 9.79 Å². The summed E-state index contributed by atoms with van der Waals surface area (Å²) in [7, 11) is 4.76. The molecule has 0 bridgehead atoms. The molecule has 4 aromatic rings. The number of benzene rings is 3. The van der Waals surface area contributed by atoms with Crippen molar-refractivity contribution in [3.8, 4) is 23.0 Å². The molecule has 44 heavy (non-hydrogen) atoms. The lowest BCUT2D eigenvalue weighted by atomic mass is 9.96. The summed E-state index contributed by atoms with van der Waals surface area (Å²) in [6.45, 7) is 3.95. The molecule has 1 aromatic heterocycles. The highest BCUT2D eigenvalue weighted by molar-refractivity contribution is 9.10. The Bertz CT molecular complexity index is 1930. The zero-order valence-electron chi connectivity index (χ0n) is 24.9. The second-order valence-electron chi connectivity index (χ2n) is 9.73. The maximum absolute atomic E-state index is 13.9. The number of nitrogens with zero attached hydrogens (tertiary/aromatic N) is 2. The normalized spacial score (nSPS) is 14.5. The van der Waals surface area contributed by atoms with Crippen molar-refractivity contribution < 1.29 is 28.5 Å². The van der Waals surface area contributed by atoms with Gasteiger partial charge < -0.3 is 23.7 Å². The fraction of sp³-hybridized carbons (Fsp3) is 0.242. The predicted molar refractivity (Wildman–Crippen MR) is 171 cm³/mol. The summed E-state index contributed by atoms with van der Waals surface area (Å²) in [5.74, 6) is 1.90. The highest BCUT2D eigenvalue weighted by Gasteiger charge is 2.33. The van der Waals surface area contributed by atoms with Crippen LogP contribution in [0.1, 0.15) is 36.6 Å². The van der Waals surface area contributed by atoms with E-state index in [0.717, 1.165) is 21.2 Å². The van der Waals surface area contributed by atoms with E-state index < -0.39 is 12.0 Å². The van der Waals surface area contributed by atoms with Crippen molar-refractivity contribution in [2.75, 3.05) is 27.9 Å². The Morgan fingerprint density at radius 3 is 2.48 bits per heavy atom. The molecule has 0 saturated heterocycles. The van der Waals surface area contributed by atoms with Gasteiger partial charge in [0.1, 0.15) is 18.1 Å². The van der Waals surface area contributed by atoms with Crippen LogP contribution in [0, 0.1) is 0 Å². The molecule has 1 aliphatic heterocycles. The minimum atomic E-state index is -0.691. The molecule has 228 valence electrons. The average molecular weight is 680 g/mol. The van der Waals surface area contributed by atoms with Crippen LogP contribution in [0.5, 0.6) is 23.0 Å². The molecule has 0 radical (unpaired) electrons. The fourth-order valence-corrected chi connectivity index (χ4v) is 6.44. The van der Waals surface area contributed by atoms with E-state index in [1.807, 2.05) is 48.5 Å². The molecule has 0 aliphatic carbocycles. The average Bonchev–Trinajstić information content (AvgIpc) is 3.32. The number of aromatic nitrogens is 1. The molecule has 0 unspecified atom stereocenters. The zero-order chi connectivity index (χ0) is 31.4. The van der Waals surface area contributed by atoms with Crippen LogP contribution < -0.4 is 33.8 Å². The van der Waals surface area contributed by atoms with Gasteiger partial charge in [0, 0.05) is 10.0 Å². The van der Waals surface area contributed by atoms with Crippen LogP contribution in [0.2, 0.25) is 0 Å². The Balaban J connectivity index is 1.52. The number of fused-ring (bicyclic) bond motifs is 1. The molecule has 1 aliphatic rings. The minimum absolute atomic E-state index is 0.208. The predicted octanol–water partition coefficient (Wildman–Crippen LogP) is 5.17. The molecular weight excluding hydrogens is 648 g/mol. The first-order chi connectivity index (χ1) is 21.3. The first-order valence-corrected chi connectivity index (χ1v) is 15.4. The van der Waals surface area contributed by atoms with Crippen molar-refractivity contribution in [3.63, 3.8) is 0 Å². The van der Waals surface area contributed by atoms with Gasteiger partial charge in [-0.15, -0.1) is 0 Å². The van der Waals surface area contributed by atoms with E-state index in [1.165, 1.54) is 11.3 Å². The van der Waals surface area contributed by atoms with Gasteiger partial charge in [0.15, 0.2) is 16.3 Å². The summed E-state index contributed by atoms with van der Waals surface area (Å²) in [5, 5.41) is 0. The lowest BCUT2D eigenvalue weighted by Crippen LogP contribution is -2.39. The summed E-state index contributed by atoms with van der Waals surface area (Å²) in [6.07, 6.45) is 1.78. The Kier molecular flexibility index (Phi) is 9.55. The van der Waals surface area contributed by atoms with Crippen LogP contribution >= 0.6 is 27.3 Å². The van der Waals surface area contributed by atoms with Crippen molar-refractivity contribution in [2.24, 2.45) is 4.99 Å². The van der Waals surface area contributed by atoms with Gasteiger partial charge in [-0.3, -0.25) is 9.36 Å². The van der Waals surface area contributed by atoms with Gasteiger partial charge >= 0.3 is 5.97 Å². The molecule has 0 saturated carbocycles. The van der Waals surface area contributed by atoms with E-state index in [-0.39, 0.29) is 18.8 Å². The molecule has 3 aromatic carbocycles. The number of esters is 1. The van der Waals surface area contributed by atoms with Gasteiger partial charge in [-0.05, 0) is 73.5 Å². The summed E-state index contributed by atoms with van der Waals surface area (Å²) in [5.41, 5.74) is 2.89. The highest BCUT2D eigenvalue weighted by Crippen LogP contribution is 2.33. The molecule has 0 spiro atoms. The molecule has 1 atom stereocenters. The number of halogens is 1. The van der Waals surface area contributed by atoms with Crippen LogP contribution in [0.25, 0.3) is 6.08 Å².